The van der Waals surface area contributed by atoms with Crippen LogP contribution in [0, 0.1) is 15.9 Å². The van der Waals surface area contributed by atoms with E-state index in [1.54, 1.807) is 23.1 Å². The number of non-ortho nitro benzene ring substituents is 1. The maximum Gasteiger partial charge on any atom is 0.270 e. The lowest BCUT2D eigenvalue weighted by molar-refractivity contribution is -0.384. The first-order chi connectivity index (χ1) is 12.0. The number of hydrogen-bond acceptors (Lipinski definition) is 3. The molecule has 1 fully saturated rings. The molecular formula is C19H19FN2O3. The predicted molar refractivity (Wildman–Crippen MR) is 92.0 cm³/mol. The minimum atomic E-state index is -0.499. The van der Waals surface area contributed by atoms with Crippen molar-refractivity contribution in [3.63, 3.8) is 0 Å². The number of hydrogen-bond donors (Lipinski definition) is 0. The molecule has 6 heteroatoms. The van der Waals surface area contributed by atoms with Crippen LogP contribution in [0.4, 0.5) is 10.1 Å². The van der Waals surface area contributed by atoms with Crippen LogP contribution in [0.5, 0.6) is 0 Å². The standard InChI is InChI=1S/C19H19FN2O3/c20-17-9-7-14(8-10-17)16-4-1-2-11-21(13-16)19(23)15-5-3-6-18(12-15)22(24)25/h3,5-10,12,16H,1-2,4,11,13H2. The van der Waals surface area contributed by atoms with Gasteiger partial charge in [0.25, 0.3) is 11.6 Å². The van der Waals surface area contributed by atoms with Gasteiger partial charge in [-0.1, -0.05) is 24.6 Å². The van der Waals surface area contributed by atoms with Crippen molar-refractivity contribution in [2.24, 2.45) is 0 Å². The van der Waals surface area contributed by atoms with Crippen LogP contribution in [0.1, 0.15) is 41.1 Å². The van der Waals surface area contributed by atoms with Crippen molar-refractivity contribution in [3.8, 4) is 0 Å². The Labute approximate surface area is 145 Å². The Balaban J connectivity index is 1.80. The summed E-state index contributed by atoms with van der Waals surface area (Å²) in [6.45, 7) is 1.16. The van der Waals surface area contributed by atoms with Crippen LogP contribution in [0.2, 0.25) is 0 Å². The summed E-state index contributed by atoms with van der Waals surface area (Å²) in [7, 11) is 0. The van der Waals surface area contributed by atoms with Crippen molar-refractivity contribution in [3.05, 3.63) is 75.6 Å². The largest absolute Gasteiger partial charge is 0.338 e. The van der Waals surface area contributed by atoms with Gasteiger partial charge in [0.05, 0.1) is 4.92 Å². The number of carbonyl (C=O) groups excluding carboxylic acids is 1. The van der Waals surface area contributed by atoms with E-state index in [0.29, 0.717) is 18.7 Å². The highest BCUT2D eigenvalue weighted by atomic mass is 19.1. The monoisotopic (exact) mass is 342 g/mol. The first-order valence-electron chi connectivity index (χ1n) is 8.34. The topological polar surface area (TPSA) is 63.4 Å². The number of nitro groups is 1. The minimum absolute atomic E-state index is 0.0873. The predicted octanol–water partition coefficient (Wildman–Crippen LogP) is 4.14. The normalized spacial score (nSPS) is 17.8. The van der Waals surface area contributed by atoms with Gasteiger partial charge in [-0.3, -0.25) is 14.9 Å². The highest BCUT2D eigenvalue weighted by molar-refractivity contribution is 5.94. The Kier molecular flexibility index (Phi) is 5.07. The second kappa shape index (κ2) is 7.42. The van der Waals surface area contributed by atoms with E-state index in [-0.39, 0.29) is 23.3 Å². The quantitative estimate of drug-likeness (QED) is 0.622. The molecule has 1 amide bonds. The van der Waals surface area contributed by atoms with Gasteiger partial charge in [-0.25, -0.2) is 4.39 Å². The summed E-state index contributed by atoms with van der Waals surface area (Å²) in [6.07, 6.45) is 2.81. The molecule has 0 aromatic heterocycles. The summed E-state index contributed by atoms with van der Waals surface area (Å²) in [5.74, 6) is -0.328. The Hall–Kier alpha value is -2.76. The fraction of sp³-hybridized carbons (Fsp3) is 0.316. The third-order valence-electron chi connectivity index (χ3n) is 4.60. The number of halogens is 1. The van der Waals surface area contributed by atoms with Crippen molar-refractivity contribution >= 4 is 11.6 Å². The van der Waals surface area contributed by atoms with E-state index in [4.69, 9.17) is 0 Å². The van der Waals surface area contributed by atoms with Crippen LogP contribution in [0.15, 0.2) is 48.5 Å². The highest BCUT2D eigenvalue weighted by Gasteiger charge is 2.24. The van der Waals surface area contributed by atoms with Gasteiger partial charge in [-0.15, -0.1) is 0 Å². The lowest BCUT2D eigenvalue weighted by Crippen LogP contribution is -2.34. The summed E-state index contributed by atoms with van der Waals surface area (Å²) in [4.78, 5) is 25.0. The van der Waals surface area contributed by atoms with E-state index in [1.807, 2.05) is 0 Å². The number of carbonyl (C=O) groups is 1. The molecule has 1 atom stereocenters. The number of nitrogens with zero attached hydrogens (tertiary/aromatic N) is 2. The maximum absolute atomic E-state index is 13.1. The molecule has 5 nitrogen and oxygen atoms in total. The molecule has 0 bridgehead atoms. The third kappa shape index (κ3) is 4.02. The zero-order chi connectivity index (χ0) is 17.8. The molecule has 1 unspecified atom stereocenters. The van der Waals surface area contributed by atoms with Crippen molar-refractivity contribution in [1.29, 1.82) is 0 Å². The van der Waals surface area contributed by atoms with Crippen LogP contribution in [0.3, 0.4) is 0 Å². The number of nitro benzene ring substituents is 1. The van der Waals surface area contributed by atoms with Crippen LogP contribution < -0.4 is 0 Å². The van der Waals surface area contributed by atoms with Gasteiger partial charge in [0.1, 0.15) is 5.82 Å². The molecule has 1 aliphatic heterocycles. The van der Waals surface area contributed by atoms with Gasteiger partial charge in [0.2, 0.25) is 0 Å². The van der Waals surface area contributed by atoms with Gasteiger partial charge < -0.3 is 4.90 Å². The van der Waals surface area contributed by atoms with Gasteiger partial charge in [0.15, 0.2) is 0 Å². The zero-order valence-electron chi connectivity index (χ0n) is 13.7. The first-order valence-corrected chi connectivity index (χ1v) is 8.34. The first kappa shape index (κ1) is 17.1. The molecule has 1 saturated heterocycles. The average molecular weight is 342 g/mol. The summed E-state index contributed by atoms with van der Waals surface area (Å²) in [5.41, 5.74) is 1.25. The van der Waals surface area contributed by atoms with Gasteiger partial charge >= 0.3 is 0 Å². The second-order valence-electron chi connectivity index (χ2n) is 6.30. The molecule has 2 aromatic carbocycles. The summed E-state index contributed by atoms with van der Waals surface area (Å²) in [5, 5.41) is 10.9. The fourth-order valence-electron chi connectivity index (χ4n) is 3.27. The number of amides is 1. The molecule has 0 radical (unpaired) electrons. The van der Waals surface area contributed by atoms with Crippen LogP contribution in [0.25, 0.3) is 0 Å². The van der Waals surface area contributed by atoms with E-state index in [1.165, 1.54) is 30.3 Å². The molecule has 130 valence electrons. The van der Waals surface area contributed by atoms with Crippen molar-refractivity contribution < 1.29 is 14.1 Å². The molecule has 0 saturated carbocycles. The van der Waals surface area contributed by atoms with E-state index in [9.17, 15) is 19.3 Å². The molecule has 1 heterocycles. The number of likely N-dealkylation sites (tertiary alicyclic amines) is 1. The molecule has 0 aliphatic carbocycles. The fourth-order valence-corrected chi connectivity index (χ4v) is 3.27. The van der Waals surface area contributed by atoms with E-state index < -0.39 is 4.92 Å². The third-order valence-corrected chi connectivity index (χ3v) is 4.60. The number of rotatable bonds is 3. The minimum Gasteiger partial charge on any atom is -0.338 e. The van der Waals surface area contributed by atoms with Gasteiger partial charge in [0, 0.05) is 36.7 Å². The van der Waals surface area contributed by atoms with Crippen LogP contribution in [-0.4, -0.2) is 28.8 Å². The smallest absolute Gasteiger partial charge is 0.270 e. The molecule has 25 heavy (non-hydrogen) atoms. The SMILES string of the molecule is O=C(c1cccc([N+](=O)[O-])c1)N1CCCCC(c2ccc(F)cc2)C1. The molecule has 1 aliphatic rings. The van der Waals surface area contributed by atoms with Crippen molar-refractivity contribution in [1.82, 2.24) is 4.90 Å². The van der Waals surface area contributed by atoms with E-state index >= 15 is 0 Å². The maximum atomic E-state index is 13.1. The highest BCUT2D eigenvalue weighted by Crippen LogP contribution is 2.28. The van der Waals surface area contributed by atoms with Gasteiger partial charge in [-0.05, 0) is 36.6 Å². The molecule has 0 N–H and O–H groups in total. The summed E-state index contributed by atoms with van der Waals surface area (Å²) >= 11 is 0. The Morgan fingerprint density at radius 2 is 1.92 bits per heavy atom. The Morgan fingerprint density at radius 1 is 1.16 bits per heavy atom. The molecule has 0 spiro atoms. The van der Waals surface area contributed by atoms with E-state index in [0.717, 1.165) is 24.8 Å². The van der Waals surface area contributed by atoms with Crippen molar-refractivity contribution in [2.45, 2.75) is 25.2 Å². The number of benzene rings is 2. The zero-order valence-corrected chi connectivity index (χ0v) is 13.7. The Morgan fingerprint density at radius 3 is 2.64 bits per heavy atom. The lowest BCUT2D eigenvalue weighted by atomic mass is 9.94. The average Bonchev–Trinajstić information content (AvgIpc) is 2.88. The summed E-state index contributed by atoms with van der Waals surface area (Å²) < 4.78 is 13.1. The van der Waals surface area contributed by atoms with Crippen molar-refractivity contribution in [2.75, 3.05) is 13.1 Å². The van der Waals surface area contributed by atoms with E-state index in [2.05, 4.69) is 0 Å². The molecular weight excluding hydrogens is 323 g/mol. The molecule has 2 aromatic rings. The second-order valence-corrected chi connectivity index (χ2v) is 6.30. The van der Waals surface area contributed by atoms with Crippen LogP contribution in [-0.2, 0) is 0 Å². The Bertz CT molecular complexity index is 776. The summed E-state index contributed by atoms with van der Waals surface area (Å²) in [6, 6.07) is 12.2. The van der Waals surface area contributed by atoms with Gasteiger partial charge in [-0.2, -0.15) is 0 Å². The molecule has 3 rings (SSSR count). The lowest BCUT2D eigenvalue weighted by Gasteiger charge is -2.25. The van der Waals surface area contributed by atoms with Crippen LogP contribution >= 0.6 is 0 Å².